The topological polar surface area (TPSA) is 95.1 Å². The zero-order chi connectivity index (χ0) is 12.3. The predicted molar refractivity (Wildman–Crippen MR) is 60.7 cm³/mol. The molecule has 1 aliphatic carbocycles. The van der Waals surface area contributed by atoms with E-state index >= 15 is 0 Å². The summed E-state index contributed by atoms with van der Waals surface area (Å²) in [6.45, 7) is 0. The van der Waals surface area contributed by atoms with Crippen LogP contribution in [0, 0.1) is 5.92 Å². The molecule has 2 rings (SSSR count). The summed E-state index contributed by atoms with van der Waals surface area (Å²) in [5.41, 5.74) is -0.0407. The summed E-state index contributed by atoms with van der Waals surface area (Å²) in [5, 5.41) is 17.3. The van der Waals surface area contributed by atoms with Crippen LogP contribution in [-0.2, 0) is 4.79 Å². The first kappa shape index (κ1) is 11.4. The highest BCUT2D eigenvalue weighted by molar-refractivity contribution is 5.92. The second kappa shape index (κ2) is 4.82. The first-order chi connectivity index (χ1) is 8.15. The fourth-order valence-electron chi connectivity index (χ4n) is 1.79. The van der Waals surface area contributed by atoms with Crippen molar-refractivity contribution >= 4 is 17.7 Å². The van der Waals surface area contributed by atoms with Crippen LogP contribution in [0.15, 0.2) is 18.2 Å². The number of aromatic carboxylic acids is 1. The minimum Gasteiger partial charge on any atom is -0.477 e. The lowest BCUT2D eigenvalue weighted by molar-refractivity contribution is -0.116. The normalized spacial score (nSPS) is 18.2. The molecule has 17 heavy (non-hydrogen) atoms. The van der Waals surface area contributed by atoms with Crippen molar-refractivity contribution in [2.24, 2.45) is 5.92 Å². The van der Waals surface area contributed by atoms with Gasteiger partial charge in [0.05, 0.1) is 0 Å². The largest absolute Gasteiger partial charge is 0.477 e. The van der Waals surface area contributed by atoms with Crippen LogP contribution in [0.5, 0.6) is 0 Å². The number of carboxylic acid groups (broad SMARTS) is 1. The molecule has 0 bridgehead atoms. The summed E-state index contributed by atoms with van der Waals surface area (Å²) >= 11 is 0. The number of nitrogens with zero attached hydrogens (tertiary/aromatic N) is 1. The Hall–Kier alpha value is -2.11. The zero-order valence-electron chi connectivity index (χ0n) is 9.14. The lowest BCUT2D eigenvalue weighted by Crippen LogP contribution is -2.15. The van der Waals surface area contributed by atoms with E-state index in [1.807, 2.05) is 6.08 Å². The van der Waals surface area contributed by atoms with Crippen molar-refractivity contribution in [3.05, 3.63) is 23.9 Å². The number of carbonyl (C=O) groups is 2. The minimum absolute atomic E-state index is 0.0407. The Kier molecular flexibility index (Phi) is 3.22. The number of allylic oxidation sites excluding steroid dienone is 2. The number of carbonyl (C=O) groups excluding carboxylic acids is 1. The molecule has 3 N–H and O–H groups in total. The van der Waals surface area contributed by atoms with Gasteiger partial charge in [-0.2, -0.15) is 5.10 Å². The van der Waals surface area contributed by atoms with Gasteiger partial charge in [-0.3, -0.25) is 9.89 Å². The van der Waals surface area contributed by atoms with Crippen molar-refractivity contribution in [1.29, 1.82) is 0 Å². The van der Waals surface area contributed by atoms with Crippen LogP contribution in [0.1, 0.15) is 29.8 Å². The number of rotatable bonds is 4. The minimum atomic E-state index is -1.10. The molecule has 1 heterocycles. The number of aromatic nitrogens is 2. The first-order valence-corrected chi connectivity index (χ1v) is 5.40. The highest BCUT2D eigenvalue weighted by Crippen LogP contribution is 2.20. The van der Waals surface area contributed by atoms with Gasteiger partial charge in [0, 0.05) is 12.5 Å². The van der Waals surface area contributed by atoms with Gasteiger partial charge in [-0.25, -0.2) is 4.79 Å². The van der Waals surface area contributed by atoms with E-state index < -0.39 is 5.97 Å². The molecule has 90 valence electrons. The third-order valence-electron chi connectivity index (χ3n) is 2.64. The van der Waals surface area contributed by atoms with Crippen molar-refractivity contribution in [3.8, 4) is 0 Å². The van der Waals surface area contributed by atoms with Gasteiger partial charge in [0.1, 0.15) is 5.69 Å². The monoisotopic (exact) mass is 235 g/mol. The van der Waals surface area contributed by atoms with Crippen LogP contribution in [0.2, 0.25) is 0 Å². The van der Waals surface area contributed by atoms with Gasteiger partial charge in [0.2, 0.25) is 5.91 Å². The quantitative estimate of drug-likeness (QED) is 0.687. The third kappa shape index (κ3) is 2.93. The van der Waals surface area contributed by atoms with Crippen molar-refractivity contribution in [3.63, 3.8) is 0 Å². The zero-order valence-corrected chi connectivity index (χ0v) is 9.14. The van der Waals surface area contributed by atoms with Crippen LogP contribution in [-0.4, -0.2) is 27.2 Å². The maximum Gasteiger partial charge on any atom is 0.353 e. The fraction of sp³-hybridized carbons (Fsp3) is 0.364. The van der Waals surface area contributed by atoms with E-state index in [0.29, 0.717) is 6.42 Å². The maximum atomic E-state index is 11.6. The van der Waals surface area contributed by atoms with Gasteiger partial charge in [-0.15, -0.1) is 0 Å². The number of nitrogens with one attached hydrogen (secondary N) is 2. The molecular formula is C11H13N3O3. The fourth-order valence-corrected chi connectivity index (χ4v) is 1.79. The molecule has 1 aromatic heterocycles. The van der Waals surface area contributed by atoms with E-state index in [2.05, 4.69) is 21.6 Å². The molecule has 6 nitrogen and oxygen atoms in total. The second-order valence-corrected chi connectivity index (χ2v) is 3.99. The Labute approximate surface area is 97.7 Å². The van der Waals surface area contributed by atoms with Gasteiger partial charge in [-0.05, 0) is 18.8 Å². The van der Waals surface area contributed by atoms with E-state index in [-0.39, 0.29) is 23.3 Å². The van der Waals surface area contributed by atoms with Crippen molar-refractivity contribution in [1.82, 2.24) is 10.2 Å². The Balaban J connectivity index is 1.88. The maximum absolute atomic E-state index is 11.6. The number of aromatic amines is 1. The summed E-state index contributed by atoms with van der Waals surface area (Å²) in [4.78, 5) is 22.2. The number of hydrogen-bond donors (Lipinski definition) is 3. The molecule has 0 saturated heterocycles. The molecule has 0 fully saturated rings. The lowest BCUT2D eigenvalue weighted by atomic mass is 10.1. The Bertz CT molecular complexity index is 464. The van der Waals surface area contributed by atoms with Crippen LogP contribution < -0.4 is 5.32 Å². The molecule has 0 aromatic carbocycles. The Morgan fingerprint density at radius 2 is 2.41 bits per heavy atom. The highest BCUT2D eigenvalue weighted by atomic mass is 16.4. The lowest BCUT2D eigenvalue weighted by Gasteiger charge is -2.06. The molecule has 6 heteroatoms. The van der Waals surface area contributed by atoms with E-state index in [1.54, 1.807) is 0 Å². The predicted octanol–water partition coefficient (Wildman–Crippen LogP) is 1.40. The summed E-state index contributed by atoms with van der Waals surface area (Å²) in [6.07, 6.45) is 6.52. The Morgan fingerprint density at radius 3 is 3.00 bits per heavy atom. The second-order valence-electron chi connectivity index (χ2n) is 3.99. The van der Waals surface area contributed by atoms with Crippen LogP contribution >= 0.6 is 0 Å². The summed E-state index contributed by atoms with van der Waals surface area (Å²) in [7, 11) is 0. The number of hydrogen-bond acceptors (Lipinski definition) is 3. The van der Waals surface area contributed by atoms with Crippen LogP contribution in [0.3, 0.4) is 0 Å². The van der Waals surface area contributed by atoms with Crippen molar-refractivity contribution in [2.45, 2.75) is 19.3 Å². The van der Waals surface area contributed by atoms with Crippen LogP contribution in [0.25, 0.3) is 0 Å². The molecule has 0 spiro atoms. The SMILES string of the molecule is O=C(CC1C=CCC1)Nc1cc(C(=O)O)[nH]n1. The van der Waals surface area contributed by atoms with E-state index in [1.165, 1.54) is 6.07 Å². The summed E-state index contributed by atoms with van der Waals surface area (Å²) in [6, 6.07) is 1.30. The van der Waals surface area contributed by atoms with Gasteiger partial charge in [0.25, 0.3) is 0 Å². The van der Waals surface area contributed by atoms with E-state index in [9.17, 15) is 9.59 Å². The van der Waals surface area contributed by atoms with Gasteiger partial charge < -0.3 is 10.4 Å². The van der Waals surface area contributed by atoms with Gasteiger partial charge in [-0.1, -0.05) is 12.2 Å². The van der Waals surface area contributed by atoms with E-state index in [4.69, 9.17) is 5.11 Å². The molecule has 1 unspecified atom stereocenters. The smallest absolute Gasteiger partial charge is 0.353 e. The molecule has 0 radical (unpaired) electrons. The average molecular weight is 235 g/mol. The molecule has 1 amide bonds. The van der Waals surface area contributed by atoms with Crippen molar-refractivity contribution < 1.29 is 14.7 Å². The summed E-state index contributed by atoms with van der Waals surface area (Å²) < 4.78 is 0. The molecule has 1 aliphatic rings. The summed E-state index contributed by atoms with van der Waals surface area (Å²) in [5.74, 6) is -0.719. The molecule has 0 aliphatic heterocycles. The van der Waals surface area contributed by atoms with Gasteiger partial charge >= 0.3 is 5.97 Å². The molecule has 0 saturated carbocycles. The molecule has 1 aromatic rings. The number of amides is 1. The standard InChI is InChI=1S/C11H13N3O3/c15-10(5-7-3-1-2-4-7)12-9-6-8(11(16)17)13-14-9/h1,3,6-7H,2,4-5H2,(H,16,17)(H2,12,13,14,15). The van der Waals surface area contributed by atoms with Gasteiger partial charge in [0.15, 0.2) is 5.82 Å². The van der Waals surface area contributed by atoms with E-state index in [0.717, 1.165) is 12.8 Å². The van der Waals surface area contributed by atoms with Crippen molar-refractivity contribution in [2.75, 3.05) is 5.32 Å². The number of anilines is 1. The Morgan fingerprint density at radius 1 is 1.59 bits per heavy atom. The van der Waals surface area contributed by atoms with Crippen LogP contribution in [0.4, 0.5) is 5.82 Å². The highest BCUT2D eigenvalue weighted by Gasteiger charge is 2.15. The third-order valence-corrected chi connectivity index (χ3v) is 2.64. The molecular weight excluding hydrogens is 222 g/mol. The molecule has 1 atom stereocenters. The average Bonchev–Trinajstić information content (AvgIpc) is 2.88. The number of carboxylic acids is 1. The number of H-pyrrole nitrogens is 1. The first-order valence-electron chi connectivity index (χ1n) is 5.40.